The highest BCUT2D eigenvalue weighted by molar-refractivity contribution is 6.30. The minimum atomic E-state index is -0.0652. The van der Waals surface area contributed by atoms with E-state index in [1.54, 1.807) is 0 Å². The van der Waals surface area contributed by atoms with Crippen LogP contribution in [0.15, 0.2) is 91.0 Å². The van der Waals surface area contributed by atoms with Gasteiger partial charge >= 0.3 is 0 Å². The standard InChI is InChI=1S/C28H27ClN2O.ClH/c1-31(2)18-17-27(25-12-9-20-5-3-4-6-24(20)19-25)30-28(32)23-10-7-21(8-11-23)22-13-15-26(29)16-14-22;/h3-16,19,27H,17-18H2,1-2H3,(H,30,32);1H/t27-;/m0./s1. The summed E-state index contributed by atoms with van der Waals surface area (Å²) in [7, 11) is 4.10. The van der Waals surface area contributed by atoms with Gasteiger partial charge in [0.2, 0.25) is 0 Å². The number of hydrogen-bond donors (Lipinski definition) is 1. The lowest BCUT2D eigenvalue weighted by Crippen LogP contribution is -2.31. The molecule has 4 aromatic carbocycles. The summed E-state index contributed by atoms with van der Waals surface area (Å²) in [4.78, 5) is 15.2. The van der Waals surface area contributed by atoms with Crippen LogP contribution >= 0.6 is 24.0 Å². The van der Waals surface area contributed by atoms with Crippen molar-refractivity contribution in [3.63, 3.8) is 0 Å². The Kier molecular flexibility index (Phi) is 8.51. The van der Waals surface area contributed by atoms with E-state index in [4.69, 9.17) is 11.6 Å². The Morgan fingerprint density at radius 2 is 1.45 bits per heavy atom. The number of fused-ring (bicyclic) bond motifs is 1. The molecule has 1 N–H and O–H groups in total. The Bertz CT molecular complexity index is 1200. The fourth-order valence-electron chi connectivity index (χ4n) is 3.83. The van der Waals surface area contributed by atoms with E-state index in [0.717, 1.165) is 29.7 Å². The molecule has 0 aliphatic carbocycles. The SMILES string of the molecule is CN(C)CC[C@H](NC(=O)c1ccc(-c2ccc(Cl)cc2)cc1)c1ccc2ccccc2c1.Cl. The van der Waals surface area contributed by atoms with Crippen LogP contribution in [-0.2, 0) is 0 Å². The molecule has 170 valence electrons. The Morgan fingerprint density at radius 1 is 0.848 bits per heavy atom. The molecule has 0 aromatic heterocycles. The van der Waals surface area contributed by atoms with E-state index in [2.05, 4.69) is 54.6 Å². The third kappa shape index (κ3) is 6.35. The first-order valence-corrected chi connectivity index (χ1v) is 11.2. The van der Waals surface area contributed by atoms with Crippen molar-refractivity contribution in [3.05, 3.63) is 107 Å². The van der Waals surface area contributed by atoms with Gasteiger partial charge in [0.15, 0.2) is 0 Å². The van der Waals surface area contributed by atoms with Crippen molar-refractivity contribution in [2.24, 2.45) is 0 Å². The Morgan fingerprint density at radius 3 is 2.09 bits per heavy atom. The molecule has 0 saturated carbocycles. The van der Waals surface area contributed by atoms with Crippen molar-refractivity contribution in [1.82, 2.24) is 10.2 Å². The molecular formula is C28H28Cl2N2O. The molecule has 0 unspecified atom stereocenters. The Balaban J connectivity index is 0.00000306. The summed E-state index contributed by atoms with van der Waals surface area (Å²) < 4.78 is 0. The summed E-state index contributed by atoms with van der Waals surface area (Å²) in [5.41, 5.74) is 3.90. The third-order valence-electron chi connectivity index (χ3n) is 5.67. The maximum Gasteiger partial charge on any atom is 0.251 e. The first kappa shape index (κ1) is 24.8. The van der Waals surface area contributed by atoms with Crippen LogP contribution in [0.5, 0.6) is 0 Å². The first-order chi connectivity index (χ1) is 15.5. The molecule has 0 spiro atoms. The van der Waals surface area contributed by atoms with Gasteiger partial charge in [0, 0.05) is 10.6 Å². The lowest BCUT2D eigenvalue weighted by molar-refractivity contribution is 0.0933. The third-order valence-corrected chi connectivity index (χ3v) is 5.92. The molecule has 33 heavy (non-hydrogen) atoms. The fourth-order valence-corrected chi connectivity index (χ4v) is 3.96. The number of carbonyl (C=O) groups is 1. The number of rotatable bonds is 7. The van der Waals surface area contributed by atoms with Gasteiger partial charge in [0.1, 0.15) is 0 Å². The van der Waals surface area contributed by atoms with Crippen molar-refractivity contribution in [3.8, 4) is 11.1 Å². The number of carbonyl (C=O) groups excluding carboxylic acids is 1. The largest absolute Gasteiger partial charge is 0.345 e. The molecule has 0 bridgehead atoms. The van der Waals surface area contributed by atoms with Gasteiger partial charge in [-0.05, 0) is 84.9 Å². The van der Waals surface area contributed by atoms with E-state index in [0.29, 0.717) is 10.6 Å². The average Bonchev–Trinajstić information content (AvgIpc) is 2.82. The van der Waals surface area contributed by atoms with Crippen LogP contribution in [0.3, 0.4) is 0 Å². The molecular weight excluding hydrogens is 451 g/mol. The topological polar surface area (TPSA) is 32.3 Å². The smallest absolute Gasteiger partial charge is 0.251 e. The van der Waals surface area contributed by atoms with Gasteiger partial charge in [-0.3, -0.25) is 4.79 Å². The monoisotopic (exact) mass is 478 g/mol. The molecule has 1 atom stereocenters. The summed E-state index contributed by atoms with van der Waals surface area (Å²) in [5, 5.41) is 6.35. The molecule has 1 amide bonds. The van der Waals surface area contributed by atoms with Crippen LogP contribution in [0.1, 0.15) is 28.4 Å². The number of hydrogen-bond acceptors (Lipinski definition) is 2. The number of amides is 1. The molecule has 0 aliphatic rings. The second kappa shape index (κ2) is 11.3. The second-order valence-electron chi connectivity index (χ2n) is 8.31. The lowest BCUT2D eigenvalue weighted by Gasteiger charge is -2.22. The highest BCUT2D eigenvalue weighted by Crippen LogP contribution is 2.25. The van der Waals surface area contributed by atoms with Gasteiger partial charge in [0.25, 0.3) is 5.91 Å². The summed E-state index contributed by atoms with van der Waals surface area (Å²) in [5.74, 6) is -0.0652. The molecule has 0 radical (unpaired) electrons. The zero-order valence-electron chi connectivity index (χ0n) is 18.8. The summed E-state index contributed by atoms with van der Waals surface area (Å²) in [6.45, 7) is 0.882. The second-order valence-corrected chi connectivity index (χ2v) is 8.75. The van der Waals surface area contributed by atoms with E-state index in [1.165, 1.54) is 10.8 Å². The molecule has 0 aliphatic heterocycles. The first-order valence-electron chi connectivity index (χ1n) is 10.8. The lowest BCUT2D eigenvalue weighted by atomic mass is 9.98. The zero-order valence-corrected chi connectivity index (χ0v) is 20.4. The Labute approximate surface area is 206 Å². The summed E-state index contributed by atoms with van der Waals surface area (Å²) >= 11 is 5.99. The van der Waals surface area contributed by atoms with Gasteiger partial charge in [-0.15, -0.1) is 12.4 Å². The predicted octanol–water partition coefficient (Wildman–Crippen LogP) is 7.00. The van der Waals surface area contributed by atoms with E-state index in [9.17, 15) is 4.79 Å². The van der Waals surface area contributed by atoms with Gasteiger partial charge in [0.05, 0.1) is 6.04 Å². The van der Waals surface area contributed by atoms with E-state index >= 15 is 0 Å². The van der Waals surface area contributed by atoms with Gasteiger partial charge in [-0.25, -0.2) is 0 Å². The highest BCUT2D eigenvalue weighted by Gasteiger charge is 2.17. The minimum Gasteiger partial charge on any atom is -0.345 e. The molecule has 4 aromatic rings. The molecule has 4 rings (SSSR count). The number of nitrogens with one attached hydrogen (secondary N) is 1. The van der Waals surface area contributed by atoms with Crippen molar-refractivity contribution >= 4 is 40.7 Å². The van der Waals surface area contributed by atoms with Gasteiger partial charge in [-0.1, -0.05) is 72.3 Å². The van der Waals surface area contributed by atoms with E-state index in [-0.39, 0.29) is 24.4 Å². The number of halogens is 2. The average molecular weight is 479 g/mol. The summed E-state index contributed by atoms with van der Waals surface area (Å²) in [6.07, 6.45) is 0.833. The van der Waals surface area contributed by atoms with Crippen LogP contribution in [0, 0.1) is 0 Å². The molecule has 0 heterocycles. The van der Waals surface area contributed by atoms with Crippen LogP contribution in [-0.4, -0.2) is 31.4 Å². The van der Waals surface area contributed by atoms with E-state index < -0.39 is 0 Å². The predicted molar refractivity (Wildman–Crippen MR) is 141 cm³/mol. The fraction of sp³-hybridized carbons (Fsp3) is 0.179. The molecule has 3 nitrogen and oxygen atoms in total. The number of benzene rings is 4. The zero-order chi connectivity index (χ0) is 22.5. The molecule has 0 saturated heterocycles. The van der Waals surface area contributed by atoms with Crippen molar-refractivity contribution in [2.45, 2.75) is 12.5 Å². The maximum absolute atomic E-state index is 13.1. The molecule has 5 heteroatoms. The van der Waals surface area contributed by atoms with E-state index in [1.807, 2.05) is 60.7 Å². The maximum atomic E-state index is 13.1. The normalized spacial score (nSPS) is 11.8. The number of nitrogens with zero attached hydrogens (tertiary/aromatic N) is 1. The highest BCUT2D eigenvalue weighted by atomic mass is 35.5. The van der Waals surface area contributed by atoms with Crippen LogP contribution in [0.25, 0.3) is 21.9 Å². The van der Waals surface area contributed by atoms with Crippen molar-refractivity contribution < 1.29 is 4.79 Å². The quantitative estimate of drug-likeness (QED) is 0.309. The van der Waals surface area contributed by atoms with Crippen LogP contribution in [0.4, 0.5) is 0 Å². The van der Waals surface area contributed by atoms with Crippen LogP contribution < -0.4 is 5.32 Å². The summed E-state index contributed by atoms with van der Waals surface area (Å²) in [6, 6.07) is 30.1. The van der Waals surface area contributed by atoms with Crippen molar-refractivity contribution in [2.75, 3.05) is 20.6 Å². The molecule has 0 fully saturated rings. The van der Waals surface area contributed by atoms with Crippen molar-refractivity contribution in [1.29, 1.82) is 0 Å². The van der Waals surface area contributed by atoms with Gasteiger partial charge < -0.3 is 10.2 Å². The van der Waals surface area contributed by atoms with Gasteiger partial charge in [-0.2, -0.15) is 0 Å². The Hall–Kier alpha value is -2.85. The van der Waals surface area contributed by atoms with Crippen LogP contribution in [0.2, 0.25) is 5.02 Å². The minimum absolute atomic E-state index is 0.